The molecule has 12 nitrogen and oxygen atoms in total. The normalized spacial score (nSPS) is 23.0. The maximum Gasteiger partial charge on any atom is 0.428 e. The molecule has 2 aliphatic heterocycles. The van der Waals surface area contributed by atoms with E-state index in [0.29, 0.717) is 5.06 Å². The molecule has 2 atom stereocenters. The molecule has 2 rings (SSSR count). The maximum atomic E-state index is 12.4. The Morgan fingerprint density at radius 3 is 2.46 bits per heavy atom. The van der Waals surface area contributed by atoms with E-state index in [4.69, 9.17) is 9.29 Å². The lowest BCUT2D eigenvalue weighted by Gasteiger charge is -2.31. The van der Waals surface area contributed by atoms with Gasteiger partial charge in [-0.25, -0.2) is 14.6 Å². The molecule has 2 saturated heterocycles. The second kappa shape index (κ2) is 6.89. The summed E-state index contributed by atoms with van der Waals surface area (Å²) in [5.41, 5.74) is 1.59. The van der Waals surface area contributed by atoms with E-state index in [1.54, 1.807) is 20.8 Å². The highest BCUT2D eigenvalue weighted by atomic mass is 32.3. The molecule has 0 spiro atoms. The van der Waals surface area contributed by atoms with Crippen LogP contribution in [0.4, 0.5) is 9.59 Å². The number of nitrogens with one attached hydrogen (secondary N) is 1. The molecule has 0 radical (unpaired) electrons. The molecule has 0 saturated carbocycles. The zero-order chi connectivity index (χ0) is 19.9. The van der Waals surface area contributed by atoms with Gasteiger partial charge in [0.15, 0.2) is 0 Å². The van der Waals surface area contributed by atoms with Gasteiger partial charge >= 0.3 is 22.5 Å². The summed E-state index contributed by atoms with van der Waals surface area (Å²) in [6.07, 6.45) is -0.259. The van der Waals surface area contributed by atoms with Gasteiger partial charge < -0.3 is 9.64 Å². The van der Waals surface area contributed by atoms with Crippen LogP contribution in [-0.2, 0) is 24.2 Å². The van der Waals surface area contributed by atoms with Crippen molar-refractivity contribution in [1.82, 2.24) is 20.4 Å². The van der Waals surface area contributed by atoms with Crippen molar-refractivity contribution in [2.75, 3.05) is 13.6 Å². The maximum absolute atomic E-state index is 12.4. The zero-order valence-corrected chi connectivity index (χ0v) is 15.6. The second-order valence-corrected chi connectivity index (χ2v) is 8.03. The van der Waals surface area contributed by atoms with Crippen LogP contribution in [0.5, 0.6) is 0 Å². The number of carbonyl (C=O) groups is 3. The van der Waals surface area contributed by atoms with Crippen molar-refractivity contribution in [1.29, 1.82) is 0 Å². The number of rotatable bonds is 3. The van der Waals surface area contributed by atoms with Gasteiger partial charge in [0.05, 0.1) is 6.04 Å². The lowest BCUT2D eigenvalue weighted by atomic mass is 10.0. The molecule has 148 valence electrons. The smallest absolute Gasteiger partial charge is 0.428 e. The predicted molar refractivity (Wildman–Crippen MR) is 85.5 cm³/mol. The SMILES string of the molecule is CN(NC(=O)[C@@H]1CCC2CN1C(=O)N2OS(=O)(=O)O)C(=O)OC(C)(C)C. The molecule has 2 bridgehead atoms. The molecule has 4 amide bonds. The van der Waals surface area contributed by atoms with Crippen molar-refractivity contribution >= 4 is 28.4 Å². The van der Waals surface area contributed by atoms with Crippen LogP contribution in [0.15, 0.2) is 0 Å². The van der Waals surface area contributed by atoms with E-state index < -0.39 is 46.1 Å². The standard InChI is InChI=1S/C13H22N4O8S/c1-13(2,3)24-12(20)15(4)14-10(18)9-6-5-8-7-16(9)11(19)17(8)25-26(21,22)23/h8-9H,5-7H2,1-4H3,(H,14,18)(H,21,22,23)/t8?,9-/m0/s1. The van der Waals surface area contributed by atoms with Gasteiger partial charge in [0.2, 0.25) is 0 Å². The molecule has 13 heteroatoms. The van der Waals surface area contributed by atoms with Crippen LogP contribution in [0.25, 0.3) is 0 Å². The molecular formula is C13H22N4O8S. The third-order valence-electron chi connectivity index (χ3n) is 3.75. The van der Waals surface area contributed by atoms with Gasteiger partial charge in [0.25, 0.3) is 5.91 Å². The van der Waals surface area contributed by atoms with Crippen LogP contribution in [0, 0.1) is 0 Å². The van der Waals surface area contributed by atoms with Crippen LogP contribution in [-0.4, -0.2) is 77.3 Å². The minimum Gasteiger partial charge on any atom is -0.442 e. The first kappa shape index (κ1) is 20.2. The van der Waals surface area contributed by atoms with Gasteiger partial charge in [-0.1, -0.05) is 0 Å². The van der Waals surface area contributed by atoms with E-state index in [1.807, 2.05) is 0 Å². The lowest BCUT2D eigenvalue weighted by Crippen LogP contribution is -2.55. The molecule has 0 aromatic heterocycles. The molecule has 2 N–H and O–H groups in total. The number of amides is 4. The highest BCUT2D eigenvalue weighted by molar-refractivity contribution is 7.80. The highest BCUT2D eigenvalue weighted by Crippen LogP contribution is 2.30. The Morgan fingerprint density at radius 1 is 1.31 bits per heavy atom. The van der Waals surface area contributed by atoms with E-state index in [0.717, 1.165) is 9.91 Å². The molecule has 2 fully saturated rings. The number of hydroxylamine groups is 2. The Hall–Kier alpha value is -2.12. The van der Waals surface area contributed by atoms with Crippen molar-refractivity contribution in [3.8, 4) is 0 Å². The fraction of sp³-hybridized carbons (Fsp3) is 0.769. The van der Waals surface area contributed by atoms with Gasteiger partial charge in [0.1, 0.15) is 11.6 Å². The molecule has 26 heavy (non-hydrogen) atoms. The summed E-state index contributed by atoms with van der Waals surface area (Å²) in [5, 5.41) is 1.41. The Kier molecular flexibility index (Phi) is 5.35. The first-order chi connectivity index (χ1) is 11.8. The number of carbonyl (C=O) groups excluding carboxylic acids is 3. The topological polar surface area (TPSA) is 146 Å². The van der Waals surface area contributed by atoms with Crippen LogP contribution in [0.3, 0.4) is 0 Å². The summed E-state index contributed by atoms with van der Waals surface area (Å²) < 4.78 is 39.9. The van der Waals surface area contributed by atoms with Gasteiger partial charge in [-0.3, -0.25) is 14.8 Å². The van der Waals surface area contributed by atoms with Crippen LogP contribution in [0.2, 0.25) is 0 Å². The van der Waals surface area contributed by atoms with Crippen LogP contribution >= 0.6 is 0 Å². The Bertz CT molecular complexity index is 703. The van der Waals surface area contributed by atoms with Crippen molar-refractivity contribution in [3.63, 3.8) is 0 Å². The number of piperidine rings is 1. The minimum absolute atomic E-state index is 0.0581. The van der Waals surface area contributed by atoms with E-state index in [1.165, 1.54) is 7.05 Å². The summed E-state index contributed by atoms with van der Waals surface area (Å²) >= 11 is 0. The monoisotopic (exact) mass is 394 g/mol. The fourth-order valence-corrected chi connectivity index (χ4v) is 3.11. The molecule has 1 unspecified atom stereocenters. The Morgan fingerprint density at radius 2 is 1.92 bits per heavy atom. The molecule has 0 aromatic carbocycles. The Balaban J connectivity index is 2.01. The predicted octanol–water partition coefficient (Wildman–Crippen LogP) is -0.112. The summed E-state index contributed by atoms with van der Waals surface area (Å²) in [6, 6.07) is -2.37. The number of fused-ring (bicyclic) bond motifs is 2. The number of ether oxygens (including phenoxy) is 1. The van der Waals surface area contributed by atoms with Gasteiger partial charge in [0, 0.05) is 13.6 Å². The quantitative estimate of drug-likeness (QED) is 0.498. The largest absolute Gasteiger partial charge is 0.442 e. The number of urea groups is 1. The summed E-state index contributed by atoms with van der Waals surface area (Å²) in [5.74, 6) is -0.626. The van der Waals surface area contributed by atoms with E-state index in [2.05, 4.69) is 9.71 Å². The van der Waals surface area contributed by atoms with Crippen molar-refractivity contribution in [3.05, 3.63) is 0 Å². The van der Waals surface area contributed by atoms with Crippen LogP contribution < -0.4 is 5.43 Å². The number of hydrazine groups is 1. The number of hydrogen-bond donors (Lipinski definition) is 2. The summed E-state index contributed by atoms with van der Waals surface area (Å²) in [7, 11) is -3.55. The molecular weight excluding hydrogens is 372 g/mol. The minimum atomic E-state index is -4.86. The zero-order valence-electron chi connectivity index (χ0n) is 14.8. The van der Waals surface area contributed by atoms with Gasteiger partial charge in [-0.15, -0.1) is 4.28 Å². The first-order valence-corrected chi connectivity index (χ1v) is 9.19. The third-order valence-corrected chi connectivity index (χ3v) is 4.09. The first-order valence-electron chi connectivity index (χ1n) is 7.82. The highest BCUT2D eigenvalue weighted by Gasteiger charge is 2.49. The fourth-order valence-electron chi connectivity index (χ4n) is 2.72. The molecule has 0 aromatic rings. The summed E-state index contributed by atoms with van der Waals surface area (Å²) in [6.45, 7) is 5.08. The summed E-state index contributed by atoms with van der Waals surface area (Å²) in [4.78, 5) is 37.7. The van der Waals surface area contributed by atoms with Crippen molar-refractivity contribution in [2.45, 2.75) is 51.3 Å². The van der Waals surface area contributed by atoms with E-state index in [9.17, 15) is 22.8 Å². The lowest BCUT2D eigenvalue weighted by molar-refractivity contribution is -0.130. The third kappa shape index (κ3) is 4.74. The molecule has 2 heterocycles. The average Bonchev–Trinajstić information content (AvgIpc) is 2.69. The van der Waals surface area contributed by atoms with E-state index in [-0.39, 0.29) is 19.4 Å². The number of hydrogen-bond acceptors (Lipinski definition) is 7. The van der Waals surface area contributed by atoms with Crippen molar-refractivity contribution < 1.29 is 36.4 Å². The van der Waals surface area contributed by atoms with Gasteiger partial charge in [-0.2, -0.15) is 13.5 Å². The second-order valence-electron chi connectivity index (χ2n) is 7.03. The Labute approximate surface area is 150 Å². The average molecular weight is 394 g/mol. The van der Waals surface area contributed by atoms with Gasteiger partial charge in [-0.05, 0) is 33.6 Å². The van der Waals surface area contributed by atoms with E-state index >= 15 is 0 Å². The van der Waals surface area contributed by atoms with Crippen molar-refractivity contribution in [2.24, 2.45) is 0 Å². The molecule has 2 aliphatic rings. The molecule has 0 aliphatic carbocycles. The number of nitrogens with zero attached hydrogens (tertiary/aromatic N) is 3. The van der Waals surface area contributed by atoms with Crippen LogP contribution in [0.1, 0.15) is 33.6 Å².